The molecule has 0 radical (unpaired) electrons. The van der Waals surface area contributed by atoms with Crippen LogP contribution in [0, 0.1) is 6.92 Å². The zero-order valence-electron chi connectivity index (χ0n) is 9.57. The summed E-state index contributed by atoms with van der Waals surface area (Å²) < 4.78 is 0. The Bertz CT molecular complexity index is 610. The van der Waals surface area contributed by atoms with Gasteiger partial charge < -0.3 is 9.97 Å². The van der Waals surface area contributed by atoms with E-state index in [4.69, 9.17) is 0 Å². The van der Waals surface area contributed by atoms with E-state index in [1.165, 1.54) is 0 Å². The Labute approximate surface area is 99.6 Å². The lowest BCUT2D eigenvalue weighted by atomic mass is 10.3. The largest absolute Gasteiger partial charge is 0.360 e. The van der Waals surface area contributed by atoms with Crippen LogP contribution in [-0.4, -0.2) is 15.7 Å². The maximum absolute atomic E-state index is 4.55. The van der Waals surface area contributed by atoms with Gasteiger partial charge in [0.05, 0.1) is 17.1 Å². The number of aryl methyl sites for hydroxylation is 1. The standard InChI is InChI=1S/C14H13N3/c1-10-4-5-11(16-10)9-12-6-7-14(17-12)13-3-2-8-15-13/h2-9,15-16H,1H3/b12-9+. The summed E-state index contributed by atoms with van der Waals surface area (Å²) in [6.07, 6.45) is 7.99. The molecule has 3 rings (SSSR count). The lowest BCUT2D eigenvalue weighted by molar-refractivity contribution is 1.24. The topological polar surface area (TPSA) is 43.9 Å². The first kappa shape index (κ1) is 9.90. The highest BCUT2D eigenvalue weighted by Gasteiger charge is 2.07. The third-order valence-electron chi connectivity index (χ3n) is 2.69. The summed E-state index contributed by atoms with van der Waals surface area (Å²) in [5.74, 6) is 0. The Morgan fingerprint density at radius 2 is 2.12 bits per heavy atom. The molecule has 84 valence electrons. The SMILES string of the molecule is Cc1ccc(/C=C2\C=CC(c3ccc[nH]3)=N2)[nH]1. The van der Waals surface area contributed by atoms with Crippen molar-refractivity contribution in [2.45, 2.75) is 6.92 Å². The van der Waals surface area contributed by atoms with Gasteiger partial charge in [-0.1, -0.05) is 0 Å². The first-order valence-corrected chi connectivity index (χ1v) is 5.59. The molecule has 0 amide bonds. The molecule has 2 N–H and O–H groups in total. The Morgan fingerprint density at radius 3 is 2.82 bits per heavy atom. The van der Waals surface area contributed by atoms with Gasteiger partial charge in [0.1, 0.15) is 0 Å². The minimum absolute atomic E-state index is 0.969. The number of rotatable bonds is 2. The molecule has 0 saturated heterocycles. The van der Waals surface area contributed by atoms with Crippen molar-refractivity contribution < 1.29 is 0 Å². The molecule has 0 aromatic carbocycles. The van der Waals surface area contributed by atoms with E-state index in [0.29, 0.717) is 0 Å². The van der Waals surface area contributed by atoms with Crippen LogP contribution in [0.15, 0.2) is 53.3 Å². The number of allylic oxidation sites excluding steroid dienone is 2. The first-order chi connectivity index (χ1) is 8.31. The Morgan fingerprint density at radius 1 is 1.18 bits per heavy atom. The van der Waals surface area contributed by atoms with Crippen molar-refractivity contribution in [3.63, 3.8) is 0 Å². The average Bonchev–Trinajstić information content (AvgIpc) is 3.00. The van der Waals surface area contributed by atoms with Crippen molar-refractivity contribution in [3.8, 4) is 0 Å². The van der Waals surface area contributed by atoms with E-state index in [0.717, 1.165) is 28.5 Å². The van der Waals surface area contributed by atoms with Crippen LogP contribution in [0.2, 0.25) is 0 Å². The molecule has 0 saturated carbocycles. The third-order valence-corrected chi connectivity index (χ3v) is 2.69. The Balaban J connectivity index is 1.89. The summed E-state index contributed by atoms with van der Waals surface area (Å²) in [6, 6.07) is 8.10. The second-order valence-electron chi connectivity index (χ2n) is 4.08. The lowest BCUT2D eigenvalue weighted by Gasteiger charge is -1.92. The monoisotopic (exact) mass is 223 g/mol. The van der Waals surface area contributed by atoms with Gasteiger partial charge in [-0.05, 0) is 49.4 Å². The molecule has 3 heteroatoms. The second-order valence-corrected chi connectivity index (χ2v) is 4.08. The van der Waals surface area contributed by atoms with Gasteiger partial charge in [0, 0.05) is 17.6 Å². The molecule has 0 bridgehead atoms. The summed E-state index contributed by atoms with van der Waals surface area (Å²) in [7, 11) is 0. The van der Waals surface area contributed by atoms with Crippen LogP contribution in [0.5, 0.6) is 0 Å². The molecule has 3 nitrogen and oxygen atoms in total. The Kier molecular flexibility index (Phi) is 2.29. The van der Waals surface area contributed by atoms with Gasteiger partial charge in [-0.2, -0.15) is 0 Å². The maximum Gasteiger partial charge on any atom is 0.0872 e. The summed E-state index contributed by atoms with van der Waals surface area (Å²) in [5, 5.41) is 0. The zero-order chi connectivity index (χ0) is 11.7. The number of aliphatic imine (C=N–C) groups is 1. The molecule has 1 aliphatic rings. The summed E-state index contributed by atoms with van der Waals surface area (Å²) in [5.41, 5.74) is 5.24. The molecule has 0 unspecified atom stereocenters. The van der Waals surface area contributed by atoms with Gasteiger partial charge >= 0.3 is 0 Å². The number of hydrogen-bond acceptors (Lipinski definition) is 1. The highest BCUT2D eigenvalue weighted by atomic mass is 14.8. The van der Waals surface area contributed by atoms with Crippen LogP contribution in [0.25, 0.3) is 6.08 Å². The van der Waals surface area contributed by atoms with Gasteiger partial charge in [0.15, 0.2) is 0 Å². The first-order valence-electron chi connectivity index (χ1n) is 5.59. The minimum atomic E-state index is 0.969. The third kappa shape index (κ3) is 1.99. The van der Waals surface area contributed by atoms with E-state index in [2.05, 4.69) is 27.1 Å². The van der Waals surface area contributed by atoms with E-state index < -0.39 is 0 Å². The molecule has 0 atom stereocenters. The average molecular weight is 223 g/mol. The van der Waals surface area contributed by atoms with Crippen LogP contribution >= 0.6 is 0 Å². The van der Waals surface area contributed by atoms with E-state index in [9.17, 15) is 0 Å². The summed E-state index contributed by atoms with van der Waals surface area (Å²) in [6.45, 7) is 2.04. The quantitative estimate of drug-likeness (QED) is 0.786. The minimum Gasteiger partial charge on any atom is -0.360 e. The lowest BCUT2D eigenvalue weighted by Crippen LogP contribution is -1.92. The predicted molar refractivity (Wildman–Crippen MR) is 70.0 cm³/mol. The van der Waals surface area contributed by atoms with Crippen LogP contribution in [0.3, 0.4) is 0 Å². The fourth-order valence-electron chi connectivity index (χ4n) is 1.87. The van der Waals surface area contributed by atoms with Crippen molar-refractivity contribution >= 4 is 11.8 Å². The number of hydrogen-bond donors (Lipinski definition) is 2. The van der Waals surface area contributed by atoms with Crippen molar-refractivity contribution in [1.29, 1.82) is 0 Å². The molecule has 17 heavy (non-hydrogen) atoms. The van der Waals surface area contributed by atoms with Crippen molar-refractivity contribution in [1.82, 2.24) is 9.97 Å². The van der Waals surface area contributed by atoms with Crippen molar-refractivity contribution in [2.75, 3.05) is 0 Å². The van der Waals surface area contributed by atoms with Crippen LogP contribution in [0.4, 0.5) is 0 Å². The van der Waals surface area contributed by atoms with E-state index in [1.54, 1.807) is 0 Å². The second kappa shape index (κ2) is 3.94. The van der Waals surface area contributed by atoms with Crippen LogP contribution < -0.4 is 0 Å². The molecule has 2 aromatic rings. The fourth-order valence-corrected chi connectivity index (χ4v) is 1.87. The summed E-state index contributed by atoms with van der Waals surface area (Å²) >= 11 is 0. The summed E-state index contributed by atoms with van der Waals surface area (Å²) in [4.78, 5) is 11.0. The Hall–Kier alpha value is -2.29. The number of aromatic amines is 2. The fraction of sp³-hybridized carbons (Fsp3) is 0.0714. The van der Waals surface area contributed by atoms with Gasteiger partial charge in [0.25, 0.3) is 0 Å². The van der Waals surface area contributed by atoms with E-state index in [1.807, 2.05) is 43.5 Å². The van der Waals surface area contributed by atoms with E-state index >= 15 is 0 Å². The normalized spacial score (nSPS) is 16.8. The van der Waals surface area contributed by atoms with Gasteiger partial charge in [-0.15, -0.1) is 0 Å². The molecule has 0 fully saturated rings. The molecular formula is C14H13N3. The molecule has 0 spiro atoms. The number of H-pyrrole nitrogens is 2. The van der Waals surface area contributed by atoms with Crippen molar-refractivity contribution in [3.05, 3.63) is 65.4 Å². The highest BCUT2D eigenvalue weighted by Crippen LogP contribution is 2.16. The molecular weight excluding hydrogens is 210 g/mol. The number of nitrogens with one attached hydrogen (secondary N) is 2. The molecule has 3 heterocycles. The maximum atomic E-state index is 4.55. The molecule has 0 aliphatic carbocycles. The van der Waals surface area contributed by atoms with Gasteiger partial charge in [0.2, 0.25) is 0 Å². The molecule has 2 aromatic heterocycles. The van der Waals surface area contributed by atoms with Gasteiger partial charge in [-0.3, -0.25) is 0 Å². The van der Waals surface area contributed by atoms with Crippen LogP contribution in [0.1, 0.15) is 17.1 Å². The number of aromatic nitrogens is 2. The predicted octanol–water partition coefficient (Wildman–Crippen LogP) is 3.05. The molecule has 1 aliphatic heterocycles. The van der Waals surface area contributed by atoms with Crippen molar-refractivity contribution in [2.24, 2.45) is 4.99 Å². The smallest absolute Gasteiger partial charge is 0.0872 e. The van der Waals surface area contributed by atoms with Crippen LogP contribution in [-0.2, 0) is 0 Å². The zero-order valence-corrected chi connectivity index (χ0v) is 9.57. The van der Waals surface area contributed by atoms with Gasteiger partial charge in [-0.25, -0.2) is 4.99 Å². The number of nitrogens with zero attached hydrogens (tertiary/aromatic N) is 1. The highest BCUT2D eigenvalue weighted by molar-refractivity contribution is 6.10. The van der Waals surface area contributed by atoms with E-state index in [-0.39, 0.29) is 0 Å².